The molecule has 0 aromatic rings. The van der Waals surface area contributed by atoms with Gasteiger partial charge in [-0.25, -0.2) is 0 Å². The first kappa shape index (κ1) is 15.9. The van der Waals surface area contributed by atoms with Gasteiger partial charge in [0.15, 0.2) is 0 Å². The molecule has 0 saturated heterocycles. The summed E-state index contributed by atoms with van der Waals surface area (Å²) in [7, 11) is 0. The number of ether oxygens (including phenoxy) is 1. The van der Waals surface area contributed by atoms with Gasteiger partial charge in [-0.15, -0.1) is 11.8 Å². The fourth-order valence-electron chi connectivity index (χ4n) is 2.06. The summed E-state index contributed by atoms with van der Waals surface area (Å²) in [5.74, 6) is 1.14. The van der Waals surface area contributed by atoms with E-state index in [2.05, 4.69) is 23.4 Å². The van der Waals surface area contributed by atoms with Crippen LogP contribution in [0, 0.1) is 0 Å². The molecule has 1 rings (SSSR count). The van der Waals surface area contributed by atoms with Crippen molar-refractivity contribution in [1.82, 2.24) is 4.90 Å². The average molecular weight is 271 g/mol. The van der Waals surface area contributed by atoms with Crippen LogP contribution in [0.5, 0.6) is 0 Å². The molecule has 1 heterocycles. The van der Waals surface area contributed by atoms with Crippen molar-refractivity contribution >= 4 is 11.8 Å². The highest BCUT2D eigenvalue weighted by molar-refractivity contribution is 8.02. The topological polar surface area (TPSA) is 12.5 Å². The van der Waals surface area contributed by atoms with Gasteiger partial charge < -0.3 is 9.64 Å². The lowest BCUT2D eigenvalue weighted by Crippen LogP contribution is -2.15. The molecular formula is C15H29NOS. The predicted molar refractivity (Wildman–Crippen MR) is 81.7 cm³/mol. The van der Waals surface area contributed by atoms with Crippen molar-refractivity contribution in [3.05, 3.63) is 11.6 Å². The van der Waals surface area contributed by atoms with E-state index in [9.17, 15) is 0 Å². The molecule has 0 aromatic heterocycles. The second kappa shape index (κ2) is 11.9. The van der Waals surface area contributed by atoms with Crippen LogP contribution in [-0.2, 0) is 4.74 Å². The summed E-state index contributed by atoms with van der Waals surface area (Å²) in [5, 5.41) is 2.18. The summed E-state index contributed by atoms with van der Waals surface area (Å²) in [4.78, 5) is 2.37. The van der Waals surface area contributed by atoms with Gasteiger partial charge >= 0.3 is 0 Å². The third-order valence-corrected chi connectivity index (χ3v) is 4.03. The van der Waals surface area contributed by atoms with Gasteiger partial charge in [-0.1, -0.05) is 39.0 Å². The average Bonchev–Trinajstić information content (AvgIpc) is 2.89. The second-order valence-electron chi connectivity index (χ2n) is 4.98. The van der Waals surface area contributed by atoms with Gasteiger partial charge in [0.2, 0.25) is 0 Å². The van der Waals surface area contributed by atoms with Crippen molar-refractivity contribution in [3.8, 4) is 0 Å². The van der Waals surface area contributed by atoms with E-state index in [1.54, 1.807) is 0 Å². The second-order valence-corrected chi connectivity index (χ2v) is 5.84. The van der Waals surface area contributed by atoms with Crippen LogP contribution in [0.1, 0.15) is 58.3 Å². The summed E-state index contributed by atoms with van der Waals surface area (Å²) >= 11 is 1.88. The third-order valence-electron chi connectivity index (χ3n) is 3.23. The molecule has 106 valence electrons. The smallest absolute Gasteiger partial charge is 0.0675 e. The van der Waals surface area contributed by atoms with E-state index in [0.717, 1.165) is 19.1 Å². The Balaban J connectivity index is 1.69. The highest BCUT2D eigenvalue weighted by Gasteiger charge is 2.02. The number of thioether (sulfide) groups is 1. The molecule has 0 aliphatic carbocycles. The van der Waals surface area contributed by atoms with Crippen molar-refractivity contribution in [3.63, 3.8) is 0 Å². The SMILES string of the molecule is CCCCCCCCOCCCCN1C=CSC1. The Labute approximate surface area is 117 Å². The van der Waals surface area contributed by atoms with Crippen LogP contribution >= 0.6 is 11.8 Å². The molecule has 0 spiro atoms. The van der Waals surface area contributed by atoms with E-state index < -0.39 is 0 Å². The maximum Gasteiger partial charge on any atom is 0.0675 e. The van der Waals surface area contributed by atoms with E-state index >= 15 is 0 Å². The maximum absolute atomic E-state index is 5.66. The quantitative estimate of drug-likeness (QED) is 0.481. The number of hydrogen-bond donors (Lipinski definition) is 0. The maximum atomic E-state index is 5.66. The molecule has 0 fully saturated rings. The minimum atomic E-state index is 0.944. The standard InChI is InChI=1S/C15H29NOS/c1-2-3-4-5-6-8-12-17-13-9-7-10-16-11-14-18-15-16/h11,14H,2-10,12-13,15H2,1H3. The highest BCUT2D eigenvalue weighted by atomic mass is 32.2. The Morgan fingerprint density at radius 1 is 1.00 bits per heavy atom. The number of rotatable bonds is 12. The lowest BCUT2D eigenvalue weighted by atomic mass is 10.1. The molecule has 0 saturated carbocycles. The van der Waals surface area contributed by atoms with Crippen LogP contribution in [-0.4, -0.2) is 30.5 Å². The molecule has 1 aliphatic rings. The Hall–Kier alpha value is -0.150. The summed E-state index contributed by atoms with van der Waals surface area (Å²) in [6.45, 7) is 5.36. The molecule has 18 heavy (non-hydrogen) atoms. The van der Waals surface area contributed by atoms with Crippen molar-refractivity contribution in [2.45, 2.75) is 58.3 Å². The normalized spacial score (nSPS) is 14.6. The van der Waals surface area contributed by atoms with E-state index in [1.165, 1.54) is 57.9 Å². The molecule has 3 heteroatoms. The molecule has 2 nitrogen and oxygen atoms in total. The molecule has 0 amide bonds. The molecule has 0 aromatic carbocycles. The molecular weight excluding hydrogens is 242 g/mol. The summed E-state index contributed by atoms with van der Waals surface area (Å²) in [6.07, 6.45) is 12.7. The van der Waals surface area contributed by atoms with Crippen LogP contribution in [0.3, 0.4) is 0 Å². The van der Waals surface area contributed by atoms with Crippen LogP contribution < -0.4 is 0 Å². The lowest BCUT2D eigenvalue weighted by Gasteiger charge is -2.13. The van der Waals surface area contributed by atoms with Crippen LogP contribution in [0.15, 0.2) is 11.6 Å². The van der Waals surface area contributed by atoms with Crippen molar-refractivity contribution < 1.29 is 4.74 Å². The van der Waals surface area contributed by atoms with Crippen LogP contribution in [0.4, 0.5) is 0 Å². The molecule has 1 aliphatic heterocycles. The third kappa shape index (κ3) is 8.87. The molecule has 0 unspecified atom stereocenters. The molecule has 0 bridgehead atoms. The first-order valence-electron chi connectivity index (χ1n) is 7.53. The highest BCUT2D eigenvalue weighted by Crippen LogP contribution is 2.15. The first-order valence-corrected chi connectivity index (χ1v) is 8.58. The Kier molecular flexibility index (Phi) is 10.5. The van der Waals surface area contributed by atoms with Gasteiger partial charge in [-0.2, -0.15) is 0 Å². The van der Waals surface area contributed by atoms with Gasteiger partial charge in [0.1, 0.15) is 0 Å². The molecule has 0 radical (unpaired) electrons. The van der Waals surface area contributed by atoms with Gasteiger partial charge in [0.25, 0.3) is 0 Å². The minimum Gasteiger partial charge on any atom is -0.381 e. The van der Waals surface area contributed by atoms with Gasteiger partial charge in [-0.05, 0) is 24.7 Å². The van der Waals surface area contributed by atoms with Crippen molar-refractivity contribution in [2.24, 2.45) is 0 Å². The van der Waals surface area contributed by atoms with E-state index in [1.807, 2.05) is 11.8 Å². The van der Waals surface area contributed by atoms with E-state index in [0.29, 0.717) is 0 Å². The summed E-state index contributed by atoms with van der Waals surface area (Å²) in [6, 6.07) is 0. The number of nitrogens with zero attached hydrogens (tertiary/aromatic N) is 1. The summed E-state index contributed by atoms with van der Waals surface area (Å²) < 4.78 is 5.66. The predicted octanol–water partition coefficient (Wildman–Crippen LogP) is 4.62. The fraction of sp³-hybridized carbons (Fsp3) is 0.867. The Bertz CT molecular complexity index is 209. The number of unbranched alkanes of at least 4 members (excludes halogenated alkanes) is 6. The lowest BCUT2D eigenvalue weighted by molar-refractivity contribution is 0.125. The van der Waals surface area contributed by atoms with Gasteiger partial charge in [0, 0.05) is 26.0 Å². The zero-order valence-corrected chi connectivity index (χ0v) is 12.7. The zero-order chi connectivity index (χ0) is 12.9. The Morgan fingerprint density at radius 2 is 1.72 bits per heavy atom. The zero-order valence-electron chi connectivity index (χ0n) is 11.9. The van der Waals surface area contributed by atoms with Gasteiger partial charge in [0.05, 0.1) is 5.88 Å². The van der Waals surface area contributed by atoms with Gasteiger partial charge in [-0.3, -0.25) is 0 Å². The first-order chi connectivity index (χ1) is 8.93. The molecule has 0 atom stereocenters. The Morgan fingerprint density at radius 3 is 2.44 bits per heavy atom. The minimum absolute atomic E-state index is 0.944. The van der Waals surface area contributed by atoms with Crippen LogP contribution in [0.25, 0.3) is 0 Å². The monoisotopic (exact) mass is 271 g/mol. The van der Waals surface area contributed by atoms with E-state index in [4.69, 9.17) is 4.74 Å². The van der Waals surface area contributed by atoms with Crippen molar-refractivity contribution in [2.75, 3.05) is 25.6 Å². The summed E-state index contributed by atoms with van der Waals surface area (Å²) in [5.41, 5.74) is 0. The molecule has 0 N–H and O–H groups in total. The van der Waals surface area contributed by atoms with Crippen molar-refractivity contribution in [1.29, 1.82) is 0 Å². The largest absolute Gasteiger partial charge is 0.381 e. The van der Waals surface area contributed by atoms with E-state index in [-0.39, 0.29) is 0 Å². The number of hydrogen-bond acceptors (Lipinski definition) is 3. The van der Waals surface area contributed by atoms with Crippen LogP contribution in [0.2, 0.25) is 0 Å². The fourth-order valence-corrected chi connectivity index (χ4v) is 2.81.